The number of hydrogen-bond donors (Lipinski definition) is 1. The van der Waals surface area contributed by atoms with E-state index in [9.17, 15) is 4.79 Å². The topological polar surface area (TPSA) is 38.3 Å². The van der Waals surface area contributed by atoms with Gasteiger partial charge in [-0.2, -0.15) is 0 Å². The van der Waals surface area contributed by atoms with E-state index in [1.165, 1.54) is 12.7 Å². The number of rotatable bonds is 5. The molecule has 1 aliphatic rings. The molecule has 1 aliphatic carbocycles. The first-order valence-corrected chi connectivity index (χ1v) is 7.48. The largest absolute Gasteiger partial charge is 0.468 e. The Hall–Kier alpha value is -1.06. The molecule has 0 bridgehead atoms. The Balaban J connectivity index is 1.86. The van der Waals surface area contributed by atoms with Crippen molar-refractivity contribution in [2.75, 3.05) is 7.11 Å². The Labute approximate surface area is 125 Å². The minimum Gasteiger partial charge on any atom is -0.468 e. The van der Waals surface area contributed by atoms with Gasteiger partial charge < -0.3 is 10.1 Å². The lowest BCUT2D eigenvalue weighted by molar-refractivity contribution is -0.144. The Morgan fingerprint density at radius 1 is 1.30 bits per heavy atom. The van der Waals surface area contributed by atoms with Gasteiger partial charge in [-0.3, -0.25) is 4.79 Å². The monoisotopic (exact) mass is 295 g/mol. The van der Waals surface area contributed by atoms with Gasteiger partial charge >= 0.3 is 5.97 Å². The van der Waals surface area contributed by atoms with Crippen molar-refractivity contribution >= 4 is 17.6 Å². The van der Waals surface area contributed by atoms with Crippen LogP contribution in [-0.4, -0.2) is 25.2 Å². The van der Waals surface area contributed by atoms with Crippen molar-refractivity contribution in [3.63, 3.8) is 0 Å². The molecule has 2 rings (SSSR count). The SMILES string of the molecule is COC(=O)[C@@H](NC1CC(c2ccc(Cl)cc2)C1)C(C)C. The van der Waals surface area contributed by atoms with Crippen LogP contribution in [0.3, 0.4) is 0 Å². The third-order valence-electron chi connectivity index (χ3n) is 4.02. The quantitative estimate of drug-likeness (QED) is 0.847. The van der Waals surface area contributed by atoms with Crippen LogP contribution in [0.2, 0.25) is 5.02 Å². The van der Waals surface area contributed by atoms with Gasteiger partial charge in [-0.15, -0.1) is 0 Å². The van der Waals surface area contributed by atoms with E-state index in [2.05, 4.69) is 17.4 Å². The van der Waals surface area contributed by atoms with Crippen molar-refractivity contribution in [2.45, 2.75) is 44.7 Å². The Kier molecular flexibility index (Phi) is 5.06. The number of carbonyl (C=O) groups is 1. The van der Waals surface area contributed by atoms with Crippen molar-refractivity contribution < 1.29 is 9.53 Å². The highest BCUT2D eigenvalue weighted by molar-refractivity contribution is 6.30. The van der Waals surface area contributed by atoms with Gasteiger partial charge in [0.25, 0.3) is 0 Å². The van der Waals surface area contributed by atoms with E-state index in [-0.39, 0.29) is 17.9 Å². The van der Waals surface area contributed by atoms with Gasteiger partial charge in [0, 0.05) is 11.1 Å². The van der Waals surface area contributed by atoms with Crippen LogP contribution in [0, 0.1) is 5.92 Å². The Bertz CT molecular complexity index is 452. The standard InChI is InChI=1S/C16H22ClNO2/c1-10(2)15(16(19)20-3)18-14-8-12(9-14)11-4-6-13(17)7-5-11/h4-7,10,12,14-15,18H,8-9H2,1-3H3/t12?,14?,15-/m0/s1. The van der Waals surface area contributed by atoms with Crippen LogP contribution in [0.1, 0.15) is 38.2 Å². The molecule has 1 aromatic carbocycles. The molecule has 0 unspecified atom stereocenters. The molecule has 1 saturated carbocycles. The van der Waals surface area contributed by atoms with Crippen LogP contribution in [0.25, 0.3) is 0 Å². The van der Waals surface area contributed by atoms with Gasteiger partial charge in [0.2, 0.25) is 0 Å². The summed E-state index contributed by atoms with van der Waals surface area (Å²) in [5.74, 6) is 0.627. The molecule has 0 saturated heterocycles. The third kappa shape index (κ3) is 3.53. The van der Waals surface area contributed by atoms with Gasteiger partial charge in [-0.1, -0.05) is 37.6 Å². The van der Waals surface area contributed by atoms with E-state index < -0.39 is 0 Å². The summed E-state index contributed by atoms with van der Waals surface area (Å²) in [6, 6.07) is 8.22. The molecule has 0 radical (unpaired) electrons. The summed E-state index contributed by atoms with van der Waals surface area (Å²) in [6.45, 7) is 4.06. The second kappa shape index (κ2) is 6.59. The second-order valence-corrected chi connectivity index (χ2v) is 6.26. The summed E-state index contributed by atoms with van der Waals surface area (Å²) < 4.78 is 4.85. The molecule has 1 atom stereocenters. The number of benzene rings is 1. The molecule has 0 amide bonds. The lowest BCUT2D eigenvalue weighted by Crippen LogP contribution is -2.51. The molecular formula is C16H22ClNO2. The predicted octanol–water partition coefficient (Wildman–Crippen LogP) is 3.37. The number of esters is 1. The van der Waals surface area contributed by atoms with Crippen molar-refractivity contribution in [1.29, 1.82) is 0 Å². The van der Waals surface area contributed by atoms with Crippen LogP contribution in [0.15, 0.2) is 24.3 Å². The van der Waals surface area contributed by atoms with Crippen LogP contribution in [-0.2, 0) is 9.53 Å². The van der Waals surface area contributed by atoms with E-state index in [1.807, 2.05) is 26.0 Å². The minimum absolute atomic E-state index is 0.171. The Morgan fingerprint density at radius 3 is 2.40 bits per heavy atom. The van der Waals surface area contributed by atoms with Gasteiger partial charge in [-0.05, 0) is 42.4 Å². The van der Waals surface area contributed by atoms with Crippen molar-refractivity contribution in [3.05, 3.63) is 34.9 Å². The number of hydrogen-bond acceptors (Lipinski definition) is 3. The molecule has 4 heteroatoms. The number of halogens is 1. The molecule has 0 aliphatic heterocycles. The van der Waals surface area contributed by atoms with Crippen molar-refractivity contribution in [3.8, 4) is 0 Å². The van der Waals surface area contributed by atoms with E-state index >= 15 is 0 Å². The zero-order chi connectivity index (χ0) is 14.7. The zero-order valence-electron chi connectivity index (χ0n) is 12.2. The smallest absolute Gasteiger partial charge is 0.323 e. The molecule has 1 aromatic rings. The van der Waals surface area contributed by atoms with Crippen LogP contribution >= 0.6 is 11.6 Å². The minimum atomic E-state index is -0.212. The van der Waals surface area contributed by atoms with E-state index in [4.69, 9.17) is 16.3 Å². The summed E-state index contributed by atoms with van der Waals surface area (Å²) >= 11 is 5.90. The normalized spacial score (nSPS) is 23.2. The highest BCUT2D eigenvalue weighted by atomic mass is 35.5. The van der Waals surface area contributed by atoms with Crippen LogP contribution < -0.4 is 5.32 Å². The maximum absolute atomic E-state index is 11.7. The van der Waals surface area contributed by atoms with Crippen molar-refractivity contribution in [1.82, 2.24) is 5.32 Å². The first kappa shape index (κ1) is 15.3. The van der Waals surface area contributed by atoms with E-state index in [1.54, 1.807) is 0 Å². The average molecular weight is 296 g/mol. The first-order valence-electron chi connectivity index (χ1n) is 7.10. The summed E-state index contributed by atoms with van der Waals surface area (Å²) in [7, 11) is 1.44. The van der Waals surface area contributed by atoms with Gasteiger partial charge in [0.05, 0.1) is 7.11 Å². The van der Waals surface area contributed by atoms with E-state index in [0.29, 0.717) is 12.0 Å². The number of nitrogens with one attached hydrogen (secondary N) is 1. The third-order valence-corrected chi connectivity index (χ3v) is 4.27. The number of ether oxygens (including phenoxy) is 1. The summed E-state index contributed by atoms with van der Waals surface area (Å²) in [5, 5.41) is 4.19. The summed E-state index contributed by atoms with van der Waals surface area (Å²) in [5.41, 5.74) is 1.33. The van der Waals surface area contributed by atoms with Crippen LogP contribution in [0.5, 0.6) is 0 Å². The average Bonchev–Trinajstić information content (AvgIpc) is 2.38. The van der Waals surface area contributed by atoms with Crippen molar-refractivity contribution in [2.24, 2.45) is 5.92 Å². The molecule has 3 nitrogen and oxygen atoms in total. The molecule has 0 heterocycles. The fourth-order valence-electron chi connectivity index (χ4n) is 2.67. The Morgan fingerprint density at radius 2 is 1.90 bits per heavy atom. The molecule has 110 valence electrons. The highest BCUT2D eigenvalue weighted by Gasteiger charge is 2.34. The second-order valence-electron chi connectivity index (χ2n) is 5.83. The van der Waals surface area contributed by atoms with Gasteiger partial charge in [0.15, 0.2) is 0 Å². The fraction of sp³-hybridized carbons (Fsp3) is 0.562. The highest BCUT2D eigenvalue weighted by Crippen LogP contribution is 2.37. The van der Waals surface area contributed by atoms with Gasteiger partial charge in [-0.25, -0.2) is 0 Å². The molecule has 1 fully saturated rings. The molecule has 0 spiro atoms. The predicted molar refractivity (Wildman–Crippen MR) is 81.0 cm³/mol. The summed E-state index contributed by atoms with van der Waals surface area (Å²) in [4.78, 5) is 11.7. The van der Waals surface area contributed by atoms with E-state index in [0.717, 1.165) is 17.9 Å². The number of carbonyl (C=O) groups excluding carboxylic acids is 1. The maximum atomic E-state index is 11.7. The zero-order valence-corrected chi connectivity index (χ0v) is 13.0. The molecule has 1 N–H and O–H groups in total. The molecular weight excluding hydrogens is 274 g/mol. The maximum Gasteiger partial charge on any atom is 0.323 e. The lowest BCUT2D eigenvalue weighted by Gasteiger charge is -2.39. The fourth-order valence-corrected chi connectivity index (χ4v) is 2.80. The molecule has 0 aromatic heterocycles. The number of methoxy groups -OCH3 is 1. The first-order chi connectivity index (χ1) is 9.51. The molecule has 20 heavy (non-hydrogen) atoms. The van der Waals surface area contributed by atoms with Gasteiger partial charge in [0.1, 0.15) is 6.04 Å². The summed E-state index contributed by atoms with van der Waals surface area (Å²) in [6.07, 6.45) is 2.11. The lowest BCUT2D eigenvalue weighted by atomic mass is 9.75. The van der Waals surface area contributed by atoms with Crippen LogP contribution in [0.4, 0.5) is 0 Å².